The van der Waals surface area contributed by atoms with Gasteiger partial charge in [0.15, 0.2) is 0 Å². The zero-order valence-electron chi connectivity index (χ0n) is 23.7. The van der Waals surface area contributed by atoms with Crippen molar-refractivity contribution in [2.45, 2.75) is 63.9 Å². The topological polar surface area (TPSA) is 73.2 Å². The van der Waals surface area contributed by atoms with Gasteiger partial charge in [0.25, 0.3) is 5.91 Å². The number of fused-ring (bicyclic) bond motifs is 1. The number of ether oxygens (including phenoxy) is 1. The zero-order chi connectivity index (χ0) is 30.6. The van der Waals surface area contributed by atoms with Gasteiger partial charge < -0.3 is 14.6 Å². The Balaban J connectivity index is 1.28. The molecule has 1 fully saturated rings. The van der Waals surface area contributed by atoms with Crippen LogP contribution < -0.4 is 5.32 Å². The SMILES string of the molecule is C[C@H](OC(=O)C1CCC(NC(=O)c2cn(CCF)c3nccc(Cc4ccc(C(F)(F)F)cc4)c23)CC1)c1ccccc1. The molecule has 2 aromatic heterocycles. The molecular formula is C33H33F4N3O3. The first-order chi connectivity index (χ1) is 20.6. The van der Waals surface area contributed by atoms with Crippen LogP contribution in [0.2, 0.25) is 0 Å². The molecule has 1 atom stereocenters. The second kappa shape index (κ2) is 13.0. The number of nitrogens with zero attached hydrogens (tertiary/aromatic N) is 2. The molecule has 0 aliphatic heterocycles. The first kappa shape index (κ1) is 30.3. The fourth-order valence-electron chi connectivity index (χ4n) is 5.69. The van der Waals surface area contributed by atoms with Crippen LogP contribution in [-0.4, -0.2) is 34.1 Å². The third-order valence-electron chi connectivity index (χ3n) is 8.05. The molecule has 4 aromatic rings. The highest BCUT2D eigenvalue weighted by molar-refractivity contribution is 6.07. The highest BCUT2D eigenvalue weighted by atomic mass is 19.4. The number of hydrogen-bond acceptors (Lipinski definition) is 4. The molecule has 6 nitrogen and oxygen atoms in total. The lowest BCUT2D eigenvalue weighted by molar-refractivity contribution is -0.154. The summed E-state index contributed by atoms with van der Waals surface area (Å²) in [5.74, 6) is -0.826. The Bertz CT molecular complexity index is 1560. The summed E-state index contributed by atoms with van der Waals surface area (Å²) < 4.78 is 59.7. The number of nitrogens with one attached hydrogen (secondary N) is 1. The number of rotatable bonds is 9. The third kappa shape index (κ3) is 7.06. The predicted octanol–water partition coefficient (Wildman–Crippen LogP) is 7.21. The summed E-state index contributed by atoms with van der Waals surface area (Å²) >= 11 is 0. The van der Waals surface area contributed by atoms with Gasteiger partial charge in [-0.05, 0) is 73.9 Å². The predicted molar refractivity (Wildman–Crippen MR) is 154 cm³/mol. The van der Waals surface area contributed by atoms with E-state index >= 15 is 0 Å². The normalized spacial score (nSPS) is 17.9. The van der Waals surface area contributed by atoms with E-state index < -0.39 is 18.4 Å². The quantitative estimate of drug-likeness (QED) is 0.164. The van der Waals surface area contributed by atoms with Crippen LogP contribution in [0.5, 0.6) is 0 Å². The van der Waals surface area contributed by atoms with E-state index in [0.29, 0.717) is 53.4 Å². The van der Waals surface area contributed by atoms with Gasteiger partial charge in [0.2, 0.25) is 0 Å². The minimum absolute atomic E-state index is 0.00906. The van der Waals surface area contributed by atoms with Crippen LogP contribution in [0.1, 0.15) is 71.3 Å². The minimum atomic E-state index is -4.43. The van der Waals surface area contributed by atoms with Gasteiger partial charge >= 0.3 is 12.1 Å². The van der Waals surface area contributed by atoms with Crippen LogP contribution in [0, 0.1) is 5.92 Å². The lowest BCUT2D eigenvalue weighted by Crippen LogP contribution is -2.39. The maximum atomic E-state index is 13.6. The van der Waals surface area contributed by atoms with E-state index in [1.807, 2.05) is 37.3 Å². The number of carbonyl (C=O) groups is 2. The van der Waals surface area contributed by atoms with Crippen molar-refractivity contribution in [2.75, 3.05) is 6.67 Å². The van der Waals surface area contributed by atoms with E-state index in [1.165, 1.54) is 12.1 Å². The number of pyridine rings is 1. The Morgan fingerprint density at radius 2 is 1.72 bits per heavy atom. The molecule has 0 spiro atoms. The smallest absolute Gasteiger partial charge is 0.416 e. The van der Waals surface area contributed by atoms with Crippen molar-refractivity contribution < 1.29 is 31.9 Å². The molecule has 2 heterocycles. The van der Waals surface area contributed by atoms with E-state index in [2.05, 4.69) is 10.3 Å². The molecule has 1 saturated carbocycles. The molecule has 43 heavy (non-hydrogen) atoms. The number of amides is 1. The van der Waals surface area contributed by atoms with Crippen molar-refractivity contribution in [3.05, 3.63) is 101 Å². The summed E-state index contributed by atoms with van der Waals surface area (Å²) in [6.07, 6.45) is 0.983. The van der Waals surface area contributed by atoms with Crippen molar-refractivity contribution in [1.82, 2.24) is 14.9 Å². The first-order valence-electron chi connectivity index (χ1n) is 14.4. The van der Waals surface area contributed by atoms with Crippen molar-refractivity contribution in [2.24, 2.45) is 5.92 Å². The Morgan fingerprint density at radius 3 is 2.37 bits per heavy atom. The summed E-state index contributed by atoms with van der Waals surface area (Å²) in [5.41, 5.74) is 2.29. The maximum absolute atomic E-state index is 13.6. The van der Waals surface area contributed by atoms with Crippen LogP contribution in [0.3, 0.4) is 0 Å². The van der Waals surface area contributed by atoms with Crippen molar-refractivity contribution in [3.8, 4) is 0 Å². The first-order valence-corrected chi connectivity index (χ1v) is 14.4. The van der Waals surface area contributed by atoms with Gasteiger partial charge in [0, 0.05) is 23.8 Å². The number of benzene rings is 2. The van der Waals surface area contributed by atoms with Gasteiger partial charge in [-0.2, -0.15) is 13.2 Å². The molecule has 226 valence electrons. The van der Waals surface area contributed by atoms with Crippen LogP contribution in [0.15, 0.2) is 73.1 Å². The highest BCUT2D eigenvalue weighted by Crippen LogP contribution is 2.32. The standard InChI is InChI=1S/C33H33F4N3O3/c1-21(23-5-3-2-4-6-23)43-32(42)24-9-13-27(14-10-24)39-31(41)28-20-40(18-16-34)30-29(28)25(15-17-38-30)19-22-7-11-26(12-8-22)33(35,36)37/h2-8,11-12,15,17,20-21,24,27H,9-10,13-14,16,18-19H2,1H3,(H,39,41)/t21-,24?,27?/m0/s1. The molecule has 2 aromatic carbocycles. The average molecular weight is 596 g/mol. The monoisotopic (exact) mass is 595 g/mol. The van der Waals surface area contributed by atoms with E-state index in [-0.39, 0.29) is 42.9 Å². The molecule has 10 heteroatoms. The van der Waals surface area contributed by atoms with Crippen molar-refractivity contribution in [1.29, 1.82) is 0 Å². The summed E-state index contributed by atoms with van der Waals surface area (Å²) in [6.45, 7) is 1.20. The number of aryl methyl sites for hydroxylation is 1. The minimum Gasteiger partial charge on any atom is -0.458 e. The van der Waals surface area contributed by atoms with Crippen LogP contribution in [0.4, 0.5) is 17.6 Å². The van der Waals surface area contributed by atoms with Gasteiger partial charge in [0.05, 0.1) is 23.6 Å². The van der Waals surface area contributed by atoms with E-state index in [1.54, 1.807) is 23.0 Å². The zero-order valence-corrected chi connectivity index (χ0v) is 23.7. The number of hydrogen-bond donors (Lipinski definition) is 1. The van der Waals surface area contributed by atoms with Crippen LogP contribution in [0.25, 0.3) is 11.0 Å². The summed E-state index contributed by atoms with van der Waals surface area (Å²) in [4.78, 5) is 30.7. The molecule has 1 aliphatic rings. The Hall–Kier alpha value is -4.21. The summed E-state index contributed by atoms with van der Waals surface area (Å²) in [7, 11) is 0. The molecule has 1 amide bonds. The summed E-state index contributed by atoms with van der Waals surface area (Å²) in [5, 5.41) is 3.62. The molecule has 0 bridgehead atoms. The maximum Gasteiger partial charge on any atom is 0.416 e. The second-order valence-corrected chi connectivity index (χ2v) is 11.0. The lowest BCUT2D eigenvalue weighted by Gasteiger charge is -2.28. The molecule has 5 rings (SSSR count). The number of esters is 1. The number of aromatic nitrogens is 2. The number of halogens is 4. The van der Waals surface area contributed by atoms with Gasteiger partial charge in [-0.3, -0.25) is 9.59 Å². The second-order valence-electron chi connectivity index (χ2n) is 11.0. The molecular weight excluding hydrogens is 562 g/mol. The Morgan fingerprint density at radius 1 is 1.02 bits per heavy atom. The van der Waals surface area contributed by atoms with Crippen LogP contribution >= 0.6 is 0 Å². The average Bonchev–Trinajstić information content (AvgIpc) is 3.37. The van der Waals surface area contributed by atoms with Gasteiger partial charge in [-0.25, -0.2) is 9.37 Å². The largest absolute Gasteiger partial charge is 0.458 e. The van der Waals surface area contributed by atoms with Gasteiger partial charge in [-0.1, -0.05) is 42.5 Å². The Labute approximate surface area is 247 Å². The lowest BCUT2D eigenvalue weighted by atomic mass is 9.86. The van der Waals surface area contributed by atoms with Gasteiger partial charge in [0.1, 0.15) is 18.4 Å². The molecule has 0 radical (unpaired) electrons. The van der Waals surface area contributed by atoms with Crippen molar-refractivity contribution in [3.63, 3.8) is 0 Å². The molecule has 1 aliphatic carbocycles. The van der Waals surface area contributed by atoms with Crippen LogP contribution in [-0.2, 0) is 28.7 Å². The van der Waals surface area contributed by atoms with E-state index in [9.17, 15) is 27.2 Å². The molecule has 1 N–H and O–H groups in total. The summed E-state index contributed by atoms with van der Waals surface area (Å²) in [6, 6.07) is 16.0. The van der Waals surface area contributed by atoms with Crippen molar-refractivity contribution >= 4 is 22.9 Å². The van der Waals surface area contributed by atoms with E-state index in [4.69, 9.17) is 4.74 Å². The molecule has 0 unspecified atom stereocenters. The fourth-order valence-corrected chi connectivity index (χ4v) is 5.69. The fraction of sp³-hybridized carbons (Fsp3) is 0.364. The third-order valence-corrected chi connectivity index (χ3v) is 8.05. The molecule has 0 saturated heterocycles. The number of alkyl halides is 4. The van der Waals surface area contributed by atoms with Gasteiger partial charge in [-0.15, -0.1) is 0 Å². The van der Waals surface area contributed by atoms with E-state index in [0.717, 1.165) is 17.7 Å². The Kier molecular flexibility index (Phi) is 9.13. The highest BCUT2D eigenvalue weighted by Gasteiger charge is 2.31. The number of carbonyl (C=O) groups excluding carboxylic acids is 2.